The molecule has 0 spiro atoms. The molecule has 1 aromatic carbocycles. The number of pyridine rings is 2. The van der Waals surface area contributed by atoms with Crippen molar-refractivity contribution in [2.45, 2.75) is 26.0 Å². The van der Waals surface area contributed by atoms with Gasteiger partial charge in [0.25, 0.3) is 11.8 Å². The zero-order valence-corrected chi connectivity index (χ0v) is 16.9. The summed E-state index contributed by atoms with van der Waals surface area (Å²) in [6, 6.07) is 12.9. The van der Waals surface area contributed by atoms with Gasteiger partial charge >= 0.3 is 0 Å². The second-order valence-electron chi connectivity index (χ2n) is 7.57. The highest BCUT2D eigenvalue weighted by molar-refractivity contribution is 6.11. The van der Waals surface area contributed by atoms with Crippen molar-refractivity contribution in [1.29, 1.82) is 0 Å². The van der Waals surface area contributed by atoms with Gasteiger partial charge in [-0.05, 0) is 37.1 Å². The lowest BCUT2D eigenvalue weighted by atomic mass is 9.99. The normalized spacial score (nSPS) is 20.1. The first-order valence-corrected chi connectivity index (χ1v) is 9.75. The Balaban J connectivity index is 1.64. The van der Waals surface area contributed by atoms with Crippen molar-refractivity contribution in [2.24, 2.45) is 0 Å². The van der Waals surface area contributed by atoms with Gasteiger partial charge in [-0.2, -0.15) is 0 Å². The molecule has 2 aromatic heterocycles. The molecule has 0 saturated heterocycles. The fourth-order valence-corrected chi connectivity index (χ4v) is 4.05. The highest BCUT2D eigenvalue weighted by atomic mass is 16.5. The Hall–Kier alpha value is -3.74. The zero-order chi connectivity index (χ0) is 21.0. The van der Waals surface area contributed by atoms with Crippen molar-refractivity contribution in [2.75, 3.05) is 16.8 Å². The van der Waals surface area contributed by atoms with Crippen LogP contribution in [0, 0.1) is 6.92 Å². The minimum atomic E-state index is -0.596. The molecule has 4 heterocycles. The van der Waals surface area contributed by atoms with Crippen molar-refractivity contribution in [3.05, 3.63) is 77.2 Å². The van der Waals surface area contributed by atoms with Gasteiger partial charge < -0.3 is 9.64 Å². The number of carbonyl (C=O) groups excluding carboxylic acids is 2. The molecule has 2 unspecified atom stereocenters. The molecule has 0 saturated carbocycles. The van der Waals surface area contributed by atoms with Crippen LogP contribution in [0.5, 0.6) is 5.75 Å². The molecule has 2 atom stereocenters. The Morgan fingerprint density at radius 2 is 1.83 bits per heavy atom. The van der Waals surface area contributed by atoms with E-state index in [1.165, 1.54) is 4.90 Å². The van der Waals surface area contributed by atoms with Crippen LogP contribution in [0.1, 0.15) is 40.1 Å². The predicted molar refractivity (Wildman–Crippen MR) is 112 cm³/mol. The third-order valence-electron chi connectivity index (χ3n) is 5.63. The minimum absolute atomic E-state index is 0.128. The average Bonchev–Trinajstić information content (AvgIpc) is 3.05. The lowest BCUT2D eigenvalue weighted by Crippen LogP contribution is -2.42. The second-order valence-corrected chi connectivity index (χ2v) is 7.57. The summed E-state index contributed by atoms with van der Waals surface area (Å²) in [4.78, 5) is 37.7. The van der Waals surface area contributed by atoms with E-state index < -0.39 is 6.10 Å². The first kappa shape index (κ1) is 18.3. The average molecular weight is 400 g/mol. The first-order valence-electron chi connectivity index (χ1n) is 9.75. The van der Waals surface area contributed by atoms with Crippen molar-refractivity contribution < 1.29 is 14.3 Å². The van der Waals surface area contributed by atoms with Gasteiger partial charge in [0.2, 0.25) is 0 Å². The third kappa shape index (κ3) is 2.66. The van der Waals surface area contributed by atoms with Gasteiger partial charge in [0.1, 0.15) is 17.3 Å². The van der Waals surface area contributed by atoms with Gasteiger partial charge in [-0.3, -0.25) is 19.5 Å². The van der Waals surface area contributed by atoms with Crippen LogP contribution in [0.25, 0.3) is 0 Å². The van der Waals surface area contributed by atoms with Crippen LogP contribution in [0.2, 0.25) is 0 Å². The number of rotatable bonds is 2. The number of anilines is 2. The Labute approximate surface area is 173 Å². The summed E-state index contributed by atoms with van der Waals surface area (Å²) >= 11 is 0. The van der Waals surface area contributed by atoms with E-state index in [-0.39, 0.29) is 17.9 Å². The summed E-state index contributed by atoms with van der Waals surface area (Å²) in [5.74, 6) is 0.733. The topological polar surface area (TPSA) is 75.6 Å². The van der Waals surface area contributed by atoms with E-state index in [0.29, 0.717) is 22.8 Å². The SMILES string of the molecule is Cc1ccc(C2c3ccccc3C(=O)N2c2cc3c(cn2)N(C)C(=O)C(C)O3)cn1. The molecular formula is C23H20N4O3. The first-order chi connectivity index (χ1) is 14.5. The molecule has 3 aromatic rings. The van der Waals surface area contributed by atoms with Crippen molar-refractivity contribution in [3.63, 3.8) is 0 Å². The van der Waals surface area contributed by atoms with Crippen LogP contribution in [0.4, 0.5) is 11.5 Å². The number of ether oxygens (including phenoxy) is 1. The standard InChI is InChI=1S/C23H20N4O3/c1-13-8-9-15(11-24-13)21-16-6-4-5-7-17(16)23(29)27(21)20-10-19-18(12-25-20)26(3)22(28)14(2)30-19/h4-12,14,21H,1-3H3. The van der Waals surface area contributed by atoms with Crippen LogP contribution in [-0.4, -0.2) is 34.9 Å². The smallest absolute Gasteiger partial charge is 0.267 e. The summed E-state index contributed by atoms with van der Waals surface area (Å²) in [6.07, 6.45) is 2.78. The fraction of sp³-hybridized carbons (Fsp3) is 0.217. The molecule has 0 bridgehead atoms. The molecule has 0 aliphatic carbocycles. The molecule has 5 rings (SSSR count). The molecule has 0 radical (unpaired) electrons. The Morgan fingerprint density at radius 3 is 2.60 bits per heavy atom. The van der Waals surface area contributed by atoms with Gasteiger partial charge in [-0.25, -0.2) is 4.98 Å². The van der Waals surface area contributed by atoms with Crippen LogP contribution < -0.4 is 14.5 Å². The molecule has 150 valence electrons. The molecule has 2 amide bonds. The lowest BCUT2D eigenvalue weighted by Gasteiger charge is -2.31. The Morgan fingerprint density at radius 1 is 1.03 bits per heavy atom. The Bertz CT molecular complexity index is 1180. The maximum atomic E-state index is 13.4. The largest absolute Gasteiger partial charge is 0.478 e. The molecule has 0 fully saturated rings. The fourth-order valence-electron chi connectivity index (χ4n) is 4.05. The Kier molecular flexibility index (Phi) is 4.06. The number of aryl methyl sites for hydroxylation is 1. The monoisotopic (exact) mass is 400 g/mol. The van der Waals surface area contributed by atoms with Gasteiger partial charge in [0.15, 0.2) is 6.10 Å². The number of hydrogen-bond acceptors (Lipinski definition) is 5. The highest BCUT2D eigenvalue weighted by Gasteiger charge is 2.40. The van der Waals surface area contributed by atoms with Crippen LogP contribution >= 0.6 is 0 Å². The van der Waals surface area contributed by atoms with E-state index in [4.69, 9.17) is 4.74 Å². The summed E-state index contributed by atoms with van der Waals surface area (Å²) in [7, 11) is 1.69. The van der Waals surface area contributed by atoms with E-state index in [0.717, 1.165) is 16.8 Å². The van der Waals surface area contributed by atoms with E-state index in [2.05, 4.69) is 9.97 Å². The number of hydrogen-bond donors (Lipinski definition) is 0. The predicted octanol–water partition coefficient (Wildman–Crippen LogP) is 3.28. The molecule has 7 nitrogen and oxygen atoms in total. The third-order valence-corrected chi connectivity index (χ3v) is 5.63. The van der Waals surface area contributed by atoms with Gasteiger partial charge in [0, 0.05) is 30.6 Å². The molecule has 0 N–H and O–H groups in total. The summed E-state index contributed by atoms with van der Waals surface area (Å²) in [5.41, 5.74) is 3.95. The maximum Gasteiger partial charge on any atom is 0.267 e. The van der Waals surface area contributed by atoms with Crippen LogP contribution in [0.15, 0.2) is 54.9 Å². The second kappa shape index (κ2) is 6.66. The number of aromatic nitrogens is 2. The van der Waals surface area contributed by atoms with Crippen molar-refractivity contribution in [3.8, 4) is 5.75 Å². The van der Waals surface area contributed by atoms with E-state index in [1.54, 1.807) is 37.3 Å². The molecule has 7 heteroatoms. The number of likely N-dealkylation sites (N-methyl/N-ethyl adjacent to an activating group) is 1. The summed E-state index contributed by atoms with van der Waals surface area (Å²) in [5, 5.41) is 0. The number of amides is 2. The van der Waals surface area contributed by atoms with Crippen molar-refractivity contribution >= 4 is 23.3 Å². The zero-order valence-electron chi connectivity index (χ0n) is 16.9. The maximum absolute atomic E-state index is 13.4. The summed E-state index contributed by atoms with van der Waals surface area (Å²) < 4.78 is 5.80. The van der Waals surface area contributed by atoms with Gasteiger partial charge in [0.05, 0.1) is 12.2 Å². The van der Waals surface area contributed by atoms with Gasteiger partial charge in [-0.1, -0.05) is 24.3 Å². The van der Waals surface area contributed by atoms with E-state index >= 15 is 0 Å². The lowest BCUT2D eigenvalue weighted by molar-refractivity contribution is -0.125. The minimum Gasteiger partial charge on any atom is -0.478 e. The number of carbonyl (C=O) groups is 2. The number of nitrogens with zero attached hydrogens (tertiary/aromatic N) is 4. The quantitative estimate of drug-likeness (QED) is 0.660. The molecular weight excluding hydrogens is 380 g/mol. The molecule has 2 aliphatic heterocycles. The van der Waals surface area contributed by atoms with Crippen LogP contribution in [0.3, 0.4) is 0 Å². The van der Waals surface area contributed by atoms with E-state index in [9.17, 15) is 9.59 Å². The van der Waals surface area contributed by atoms with Gasteiger partial charge in [-0.15, -0.1) is 0 Å². The highest BCUT2D eigenvalue weighted by Crippen LogP contribution is 2.43. The van der Waals surface area contributed by atoms with Crippen LogP contribution in [-0.2, 0) is 4.79 Å². The summed E-state index contributed by atoms with van der Waals surface area (Å²) in [6.45, 7) is 3.64. The molecule has 30 heavy (non-hydrogen) atoms. The number of fused-ring (bicyclic) bond motifs is 2. The van der Waals surface area contributed by atoms with E-state index in [1.807, 2.05) is 43.3 Å². The number of benzene rings is 1. The molecule has 2 aliphatic rings. The van der Waals surface area contributed by atoms with Crippen molar-refractivity contribution in [1.82, 2.24) is 9.97 Å².